The highest BCUT2D eigenvalue weighted by atomic mass is 16.5. The molecule has 5 nitrogen and oxygen atoms in total. The van der Waals surface area contributed by atoms with Gasteiger partial charge in [-0.3, -0.25) is 4.98 Å². The van der Waals surface area contributed by atoms with Crippen LogP contribution in [0.25, 0.3) is 22.5 Å². The van der Waals surface area contributed by atoms with Gasteiger partial charge < -0.3 is 14.4 Å². The van der Waals surface area contributed by atoms with Crippen molar-refractivity contribution in [1.82, 2.24) is 14.5 Å². The van der Waals surface area contributed by atoms with Crippen LogP contribution in [0, 0.1) is 0 Å². The monoisotopic (exact) mass is 385 g/mol. The number of benzene rings is 2. The highest BCUT2D eigenvalue weighted by Gasteiger charge is 2.20. The van der Waals surface area contributed by atoms with Crippen molar-refractivity contribution in [2.45, 2.75) is 19.6 Å². The molecule has 0 radical (unpaired) electrons. The Labute approximate surface area is 170 Å². The number of nitrogens with zero attached hydrogens (tertiary/aromatic N) is 3. The maximum absolute atomic E-state index is 10.8. The van der Waals surface area contributed by atoms with Crippen molar-refractivity contribution >= 4 is 0 Å². The van der Waals surface area contributed by atoms with Crippen LogP contribution in [0.4, 0.5) is 0 Å². The van der Waals surface area contributed by atoms with Gasteiger partial charge in [0.15, 0.2) is 0 Å². The summed E-state index contributed by atoms with van der Waals surface area (Å²) in [4.78, 5) is 8.81. The van der Waals surface area contributed by atoms with Crippen molar-refractivity contribution in [3.05, 3.63) is 91.0 Å². The molecule has 0 aliphatic heterocycles. The van der Waals surface area contributed by atoms with E-state index in [1.54, 1.807) is 18.7 Å². The van der Waals surface area contributed by atoms with Crippen molar-refractivity contribution < 1.29 is 9.84 Å². The molecule has 0 amide bonds. The molecule has 4 aromatic rings. The fourth-order valence-corrected chi connectivity index (χ4v) is 3.42. The summed E-state index contributed by atoms with van der Waals surface area (Å²) in [7, 11) is 0. The van der Waals surface area contributed by atoms with Gasteiger partial charge in [0, 0.05) is 29.1 Å². The van der Waals surface area contributed by atoms with Gasteiger partial charge in [0.1, 0.15) is 5.75 Å². The number of aliphatic hydroxyl groups is 1. The summed E-state index contributed by atoms with van der Waals surface area (Å²) in [5.41, 5.74) is 4.51. The first-order valence-electron chi connectivity index (χ1n) is 9.68. The SMILES string of the molecule is CCOc1ccccc1-c1c(-c2ccccc2)ncn1C[C@@H](O)c1cccnc1. The Morgan fingerprint density at radius 3 is 2.55 bits per heavy atom. The van der Waals surface area contributed by atoms with Gasteiger partial charge in [-0.2, -0.15) is 0 Å². The molecule has 5 heteroatoms. The average molecular weight is 385 g/mol. The van der Waals surface area contributed by atoms with Gasteiger partial charge in [-0.1, -0.05) is 48.5 Å². The molecule has 2 aromatic carbocycles. The Morgan fingerprint density at radius 1 is 1.00 bits per heavy atom. The summed E-state index contributed by atoms with van der Waals surface area (Å²) in [6.45, 7) is 2.91. The van der Waals surface area contributed by atoms with E-state index in [2.05, 4.69) is 4.98 Å². The fourth-order valence-electron chi connectivity index (χ4n) is 3.42. The molecule has 0 spiro atoms. The number of ether oxygens (including phenoxy) is 1. The molecular formula is C24H23N3O2. The van der Waals surface area contributed by atoms with E-state index in [0.717, 1.165) is 33.8 Å². The maximum Gasteiger partial charge on any atom is 0.128 e. The molecule has 1 atom stereocenters. The van der Waals surface area contributed by atoms with Crippen LogP contribution in [0.1, 0.15) is 18.6 Å². The van der Waals surface area contributed by atoms with E-state index < -0.39 is 6.10 Å². The number of pyridine rings is 1. The largest absolute Gasteiger partial charge is 0.493 e. The Morgan fingerprint density at radius 2 is 1.79 bits per heavy atom. The summed E-state index contributed by atoms with van der Waals surface area (Å²) in [5.74, 6) is 0.796. The number of hydrogen-bond acceptors (Lipinski definition) is 4. The third-order valence-electron chi connectivity index (χ3n) is 4.77. The van der Waals surface area contributed by atoms with Crippen LogP contribution < -0.4 is 4.74 Å². The zero-order chi connectivity index (χ0) is 20.1. The van der Waals surface area contributed by atoms with E-state index in [9.17, 15) is 5.11 Å². The Balaban J connectivity index is 1.82. The summed E-state index contributed by atoms with van der Waals surface area (Å²) in [5, 5.41) is 10.8. The van der Waals surface area contributed by atoms with Gasteiger partial charge in [0.25, 0.3) is 0 Å². The predicted octanol–water partition coefficient (Wildman–Crippen LogP) is 4.74. The molecule has 0 bridgehead atoms. The number of para-hydroxylation sites is 1. The smallest absolute Gasteiger partial charge is 0.128 e. The number of rotatable bonds is 7. The zero-order valence-electron chi connectivity index (χ0n) is 16.3. The van der Waals surface area contributed by atoms with Crippen molar-refractivity contribution in [3.63, 3.8) is 0 Å². The summed E-state index contributed by atoms with van der Waals surface area (Å²) >= 11 is 0. The van der Waals surface area contributed by atoms with Gasteiger partial charge in [0.2, 0.25) is 0 Å². The van der Waals surface area contributed by atoms with Gasteiger partial charge in [-0.25, -0.2) is 4.98 Å². The van der Waals surface area contributed by atoms with E-state index in [0.29, 0.717) is 13.2 Å². The number of hydrogen-bond donors (Lipinski definition) is 1. The molecule has 1 N–H and O–H groups in total. The normalized spacial score (nSPS) is 11.9. The lowest BCUT2D eigenvalue weighted by molar-refractivity contribution is 0.156. The van der Waals surface area contributed by atoms with E-state index in [1.165, 1.54) is 0 Å². The molecule has 0 aliphatic rings. The van der Waals surface area contributed by atoms with Crippen LogP contribution in [-0.2, 0) is 6.54 Å². The van der Waals surface area contributed by atoms with Crippen LogP contribution >= 0.6 is 0 Å². The number of aromatic nitrogens is 3. The quantitative estimate of drug-likeness (QED) is 0.499. The van der Waals surface area contributed by atoms with Crippen molar-refractivity contribution in [1.29, 1.82) is 0 Å². The van der Waals surface area contributed by atoms with E-state index >= 15 is 0 Å². The second kappa shape index (κ2) is 8.71. The summed E-state index contributed by atoms with van der Waals surface area (Å²) in [6, 6.07) is 21.7. The molecule has 0 aliphatic carbocycles. The second-order valence-electron chi connectivity index (χ2n) is 6.69. The van der Waals surface area contributed by atoms with E-state index in [4.69, 9.17) is 9.72 Å². The standard InChI is InChI=1S/C24H23N3O2/c1-2-29-22-13-7-6-12-20(22)24-23(18-9-4-3-5-10-18)26-17-27(24)16-21(28)19-11-8-14-25-15-19/h3-15,17,21,28H,2,16H2,1H3/t21-/m1/s1. The molecule has 0 saturated carbocycles. The van der Waals surface area contributed by atoms with E-state index in [1.807, 2.05) is 78.2 Å². The molecule has 4 rings (SSSR count). The maximum atomic E-state index is 10.8. The fraction of sp³-hybridized carbons (Fsp3) is 0.167. The lowest BCUT2D eigenvalue weighted by Crippen LogP contribution is -2.10. The Bertz CT molecular complexity index is 1060. The number of imidazole rings is 1. The van der Waals surface area contributed by atoms with E-state index in [-0.39, 0.29) is 0 Å². The highest BCUT2D eigenvalue weighted by molar-refractivity contribution is 5.81. The minimum absolute atomic E-state index is 0.362. The third-order valence-corrected chi connectivity index (χ3v) is 4.77. The van der Waals surface area contributed by atoms with Gasteiger partial charge in [-0.15, -0.1) is 0 Å². The second-order valence-corrected chi connectivity index (χ2v) is 6.69. The van der Waals surface area contributed by atoms with Crippen LogP contribution in [0.5, 0.6) is 5.75 Å². The summed E-state index contributed by atoms with van der Waals surface area (Å²) < 4.78 is 7.87. The molecule has 2 heterocycles. The predicted molar refractivity (Wildman–Crippen MR) is 113 cm³/mol. The third kappa shape index (κ3) is 4.05. The minimum Gasteiger partial charge on any atom is -0.493 e. The molecule has 29 heavy (non-hydrogen) atoms. The zero-order valence-corrected chi connectivity index (χ0v) is 16.3. The minimum atomic E-state index is -0.695. The van der Waals surface area contributed by atoms with Crippen molar-refractivity contribution in [2.75, 3.05) is 6.61 Å². The first kappa shape index (κ1) is 18.9. The lowest BCUT2D eigenvalue weighted by atomic mass is 10.0. The molecule has 0 saturated heterocycles. The molecule has 0 unspecified atom stereocenters. The topological polar surface area (TPSA) is 60.2 Å². The Hall–Kier alpha value is -3.44. The van der Waals surface area contributed by atoms with Crippen LogP contribution in [-0.4, -0.2) is 26.2 Å². The lowest BCUT2D eigenvalue weighted by Gasteiger charge is -2.17. The average Bonchev–Trinajstić information content (AvgIpc) is 3.19. The van der Waals surface area contributed by atoms with Crippen molar-refractivity contribution in [3.8, 4) is 28.3 Å². The first-order chi connectivity index (χ1) is 14.3. The Kier molecular flexibility index (Phi) is 5.68. The molecule has 2 aromatic heterocycles. The first-order valence-corrected chi connectivity index (χ1v) is 9.68. The van der Waals surface area contributed by atoms with Crippen LogP contribution in [0.2, 0.25) is 0 Å². The molecule has 0 fully saturated rings. The van der Waals surface area contributed by atoms with Crippen molar-refractivity contribution in [2.24, 2.45) is 0 Å². The highest BCUT2D eigenvalue weighted by Crippen LogP contribution is 2.37. The van der Waals surface area contributed by atoms with Gasteiger partial charge in [0.05, 0.1) is 37.0 Å². The van der Waals surface area contributed by atoms with Gasteiger partial charge in [-0.05, 0) is 25.1 Å². The summed E-state index contributed by atoms with van der Waals surface area (Å²) in [6.07, 6.45) is 4.47. The van der Waals surface area contributed by atoms with Crippen LogP contribution in [0.3, 0.4) is 0 Å². The van der Waals surface area contributed by atoms with Gasteiger partial charge >= 0.3 is 0 Å². The molecular weight excluding hydrogens is 362 g/mol. The number of aliphatic hydroxyl groups excluding tert-OH is 1. The van der Waals surface area contributed by atoms with Crippen LogP contribution in [0.15, 0.2) is 85.5 Å². The molecule has 146 valence electrons.